The van der Waals surface area contributed by atoms with Crippen LogP contribution in [0, 0.1) is 3.14 Å². The van der Waals surface area contributed by atoms with Gasteiger partial charge in [-0.05, 0) is 22.9 Å². The Morgan fingerprint density at radius 1 is 0.737 bits per heavy atom. The van der Waals surface area contributed by atoms with E-state index in [9.17, 15) is 0 Å². The minimum atomic E-state index is 1.02. The van der Waals surface area contributed by atoms with Gasteiger partial charge in [-0.25, -0.2) is 0 Å². The Balaban J connectivity index is 2.08. The van der Waals surface area contributed by atoms with E-state index in [2.05, 4.69) is 35.0 Å². The molecule has 0 amide bonds. The summed E-state index contributed by atoms with van der Waals surface area (Å²) in [5, 5.41) is 4.27. The third-order valence-corrected chi connectivity index (χ3v) is 8.92. The largest absolute Gasteiger partial charge is 0.144 e. The fraction of sp³-hybridized carbons (Fsp3) is 0. The Morgan fingerprint density at radius 2 is 1.26 bits per heavy atom. The minimum Gasteiger partial charge on any atom is -0.143 e. The first kappa shape index (κ1) is 12.4. The average molecular weight is 355 g/mol. The SMILES string of the molecule is S=c1sc2c(-c3cccs3)sc(-c3cccs3)c2s1. The van der Waals surface area contributed by atoms with E-state index in [4.69, 9.17) is 12.2 Å². The number of rotatable bonds is 2. The van der Waals surface area contributed by atoms with Crippen LogP contribution in [0.1, 0.15) is 0 Å². The molecular formula is C13H6S6. The predicted octanol–water partition coefficient (Wildman–Crippen LogP) is 7.21. The van der Waals surface area contributed by atoms with Crippen molar-refractivity contribution in [2.75, 3.05) is 0 Å². The molecule has 0 saturated carbocycles. The first-order valence-electron chi connectivity index (χ1n) is 5.47. The van der Waals surface area contributed by atoms with Crippen molar-refractivity contribution in [3.63, 3.8) is 0 Å². The molecule has 0 radical (unpaired) electrons. The van der Waals surface area contributed by atoms with Gasteiger partial charge in [0.2, 0.25) is 0 Å². The molecule has 0 atom stereocenters. The van der Waals surface area contributed by atoms with Gasteiger partial charge in [0.25, 0.3) is 0 Å². The second kappa shape index (κ2) is 4.87. The van der Waals surface area contributed by atoms with E-state index in [1.54, 1.807) is 45.3 Å². The maximum atomic E-state index is 5.39. The molecule has 94 valence electrons. The number of hydrogen-bond donors (Lipinski definition) is 0. The van der Waals surface area contributed by atoms with Crippen LogP contribution in [0.5, 0.6) is 0 Å². The smallest absolute Gasteiger partial charge is 0.143 e. The summed E-state index contributed by atoms with van der Waals surface area (Å²) in [6.07, 6.45) is 0. The number of hydrogen-bond acceptors (Lipinski definition) is 6. The second-order valence-electron chi connectivity index (χ2n) is 3.83. The normalized spacial score (nSPS) is 11.4. The molecule has 0 aliphatic carbocycles. The summed E-state index contributed by atoms with van der Waals surface area (Å²) >= 11 is 14.4. The quantitative estimate of drug-likeness (QED) is 0.343. The highest BCUT2D eigenvalue weighted by atomic mass is 32.2. The number of fused-ring (bicyclic) bond motifs is 1. The Hall–Kier alpha value is -0.370. The van der Waals surface area contributed by atoms with Crippen molar-refractivity contribution in [3.05, 3.63) is 38.2 Å². The molecule has 19 heavy (non-hydrogen) atoms. The van der Waals surface area contributed by atoms with Crippen LogP contribution in [-0.2, 0) is 0 Å². The van der Waals surface area contributed by atoms with Crippen LogP contribution in [0.4, 0.5) is 0 Å². The lowest BCUT2D eigenvalue weighted by atomic mass is 10.3. The summed E-state index contributed by atoms with van der Waals surface area (Å²) in [4.78, 5) is 5.46. The van der Waals surface area contributed by atoms with Gasteiger partial charge < -0.3 is 0 Å². The van der Waals surface area contributed by atoms with E-state index in [-0.39, 0.29) is 0 Å². The molecule has 0 bridgehead atoms. The van der Waals surface area contributed by atoms with E-state index in [0.29, 0.717) is 0 Å². The van der Waals surface area contributed by atoms with E-state index in [1.807, 2.05) is 11.3 Å². The van der Waals surface area contributed by atoms with Crippen LogP contribution in [-0.4, -0.2) is 0 Å². The lowest BCUT2D eigenvalue weighted by Gasteiger charge is -1.91. The van der Waals surface area contributed by atoms with Gasteiger partial charge in [0.1, 0.15) is 3.14 Å². The van der Waals surface area contributed by atoms with Crippen LogP contribution >= 0.6 is 68.9 Å². The monoisotopic (exact) mass is 354 g/mol. The van der Waals surface area contributed by atoms with E-state index in [0.717, 1.165) is 3.14 Å². The van der Waals surface area contributed by atoms with Gasteiger partial charge in [-0.15, -0.1) is 56.7 Å². The van der Waals surface area contributed by atoms with E-state index < -0.39 is 0 Å². The van der Waals surface area contributed by atoms with Crippen molar-refractivity contribution in [2.24, 2.45) is 0 Å². The summed E-state index contributed by atoms with van der Waals surface area (Å²) in [7, 11) is 0. The zero-order valence-electron chi connectivity index (χ0n) is 9.41. The van der Waals surface area contributed by atoms with Crippen LogP contribution in [0.15, 0.2) is 35.0 Å². The van der Waals surface area contributed by atoms with Gasteiger partial charge in [-0.3, -0.25) is 0 Å². The lowest BCUT2D eigenvalue weighted by Crippen LogP contribution is -1.58. The minimum absolute atomic E-state index is 1.02. The van der Waals surface area contributed by atoms with Crippen LogP contribution in [0.3, 0.4) is 0 Å². The molecule has 0 aliphatic rings. The topological polar surface area (TPSA) is 0 Å². The highest BCUT2D eigenvalue weighted by Crippen LogP contribution is 2.50. The Bertz CT molecular complexity index is 800. The molecule has 4 rings (SSSR count). The van der Waals surface area contributed by atoms with Gasteiger partial charge in [0.15, 0.2) is 0 Å². The molecule has 4 aromatic heterocycles. The van der Waals surface area contributed by atoms with Gasteiger partial charge in [0, 0.05) is 9.75 Å². The maximum absolute atomic E-state index is 5.39. The molecule has 0 aromatic carbocycles. The zero-order valence-corrected chi connectivity index (χ0v) is 14.3. The van der Waals surface area contributed by atoms with Crippen molar-refractivity contribution in [2.45, 2.75) is 0 Å². The molecule has 6 heteroatoms. The summed E-state index contributed by atoms with van der Waals surface area (Å²) in [5.41, 5.74) is 0. The van der Waals surface area contributed by atoms with Crippen LogP contribution in [0.25, 0.3) is 28.9 Å². The van der Waals surface area contributed by atoms with Crippen molar-refractivity contribution in [1.29, 1.82) is 0 Å². The molecular weight excluding hydrogens is 349 g/mol. The Kier molecular flexibility index (Phi) is 3.17. The van der Waals surface area contributed by atoms with Crippen molar-refractivity contribution >= 4 is 78.3 Å². The third-order valence-electron chi connectivity index (χ3n) is 2.68. The van der Waals surface area contributed by atoms with Crippen molar-refractivity contribution in [1.82, 2.24) is 0 Å². The molecule has 4 aromatic rings. The fourth-order valence-corrected chi connectivity index (χ4v) is 8.03. The second-order valence-corrected chi connectivity index (χ2v) is 9.97. The van der Waals surface area contributed by atoms with Crippen molar-refractivity contribution in [3.8, 4) is 19.5 Å². The van der Waals surface area contributed by atoms with E-state index >= 15 is 0 Å². The Morgan fingerprint density at radius 3 is 1.68 bits per heavy atom. The van der Waals surface area contributed by atoms with Crippen LogP contribution in [0.2, 0.25) is 0 Å². The zero-order chi connectivity index (χ0) is 12.8. The van der Waals surface area contributed by atoms with Crippen molar-refractivity contribution < 1.29 is 0 Å². The van der Waals surface area contributed by atoms with Gasteiger partial charge >= 0.3 is 0 Å². The van der Waals surface area contributed by atoms with Gasteiger partial charge in [-0.1, -0.05) is 24.4 Å². The highest BCUT2D eigenvalue weighted by Gasteiger charge is 2.18. The maximum Gasteiger partial charge on any atom is 0.144 e. The molecule has 0 spiro atoms. The molecule has 0 unspecified atom stereocenters. The third kappa shape index (κ3) is 2.07. The van der Waals surface area contributed by atoms with Gasteiger partial charge in [0.05, 0.1) is 19.2 Å². The van der Waals surface area contributed by atoms with E-state index in [1.165, 1.54) is 28.9 Å². The predicted molar refractivity (Wildman–Crippen MR) is 95.0 cm³/mol. The first-order valence-corrected chi connectivity index (χ1v) is 10.1. The first-order chi connectivity index (χ1) is 9.33. The fourth-order valence-electron chi connectivity index (χ4n) is 1.91. The molecule has 0 N–H and O–H groups in total. The molecule has 0 nitrogen and oxygen atoms in total. The Labute approximate surface area is 135 Å². The lowest BCUT2D eigenvalue weighted by molar-refractivity contribution is 2.00. The summed E-state index contributed by atoms with van der Waals surface area (Å²) in [6, 6.07) is 8.62. The van der Waals surface area contributed by atoms with Crippen LogP contribution < -0.4 is 0 Å². The highest BCUT2D eigenvalue weighted by molar-refractivity contribution is 7.77. The molecule has 0 aliphatic heterocycles. The summed E-state index contributed by atoms with van der Waals surface area (Å²) in [6.45, 7) is 0. The average Bonchev–Trinajstić information content (AvgIpc) is 3.12. The summed E-state index contributed by atoms with van der Waals surface area (Å²) < 4.78 is 3.75. The molecule has 0 fully saturated rings. The standard InChI is InChI=1S/C13H6S6/c14-13-18-11-9(7-3-1-5-15-7)17-10(12(11)19-13)8-4-2-6-16-8/h1-6H. The molecule has 0 saturated heterocycles. The van der Waals surface area contributed by atoms with Gasteiger partial charge in [-0.2, -0.15) is 0 Å². The molecule has 4 heterocycles. The number of thiophene rings is 3. The summed E-state index contributed by atoms with van der Waals surface area (Å²) in [5.74, 6) is 0.